The SMILES string of the molecule is O=c1c(Cl)c(NCC(O)c2ccco2)cnn1-c1ccc(C(F)(F)F)cn1. The van der Waals surface area contributed by atoms with Gasteiger partial charge < -0.3 is 14.8 Å². The van der Waals surface area contributed by atoms with Crippen molar-refractivity contribution in [1.82, 2.24) is 14.8 Å². The van der Waals surface area contributed by atoms with E-state index in [-0.39, 0.29) is 23.1 Å². The minimum absolute atomic E-state index is 0.00308. The highest BCUT2D eigenvalue weighted by Crippen LogP contribution is 2.28. The van der Waals surface area contributed by atoms with Gasteiger partial charge in [-0.3, -0.25) is 4.79 Å². The number of hydrogen-bond acceptors (Lipinski definition) is 6. The van der Waals surface area contributed by atoms with E-state index in [1.54, 1.807) is 12.1 Å². The Labute approximate surface area is 155 Å². The van der Waals surface area contributed by atoms with E-state index in [0.717, 1.165) is 16.8 Å². The minimum atomic E-state index is -4.54. The Balaban J connectivity index is 1.80. The van der Waals surface area contributed by atoms with Gasteiger partial charge in [0, 0.05) is 12.7 Å². The largest absolute Gasteiger partial charge is 0.467 e. The fourth-order valence-electron chi connectivity index (χ4n) is 2.19. The summed E-state index contributed by atoms with van der Waals surface area (Å²) in [6.45, 7) is -0.00308. The fourth-order valence-corrected chi connectivity index (χ4v) is 2.38. The molecule has 0 aliphatic carbocycles. The van der Waals surface area contributed by atoms with Crippen molar-refractivity contribution in [2.45, 2.75) is 12.3 Å². The third-order valence-electron chi connectivity index (χ3n) is 3.57. The van der Waals surface area contributed by atoms with E-state index < -0.39 is 23.4 Å². The number of nitrogens with one attached hydrogen (secondary N) is 1. The van der Waals surface area contributed by atoms with Crippen LogP contribution in [0.2, 0.25) is 5.02 Å². The summed E-state index contributed by atoms with van der Waals surface area (Å²) < 4.78 is 43.6. The van der Waals surface area contributed by atoms with Crippen LogP contribution in [0.4, 0.5) is 18.9 Å². The van der Waals surface area contributed by atoms with E-state index in [1.165, 1.54) is 12.5 Å². The van der Waals surface area contributed by atoms with Gasteiger partial charge in [-0.2, -0.15) is 23.0 Å². The zero-order chi connectivity index (χ0) is 19.6. The predicted octanol–water partition coefficient (Wildman–Crippen LogP) is 3.04. The summed E-state index contributed by atoms with van der Waals surface area (Å²) in [5.74, 6) is 0.214. The number of rotatable bonds is 5. The van der Waals surface area contributed by atoms with Gasteiger partial charge >= 0.3 is 6.18 Å². The predicted molar refractivity (Wildman–Crippen MR) is 89.8 cm³/mol. The first-order valence-electron chi connectivity index (χ1n) is 7.54. The maximum Gasteiger partial charge on any atom is 0.417 e. The molecule has 0 fully saturated rings. The van der Waals surface area contributed by atoms with Gasteiger partial charge in [-0.25, -0.2) is 4.98 Å². The van der Waals surface area contributed by atoms with Crippen molar-refractivity contribution in [1.29, 1.82) is 0 Å². The van der Waals surface area contributed by atoms with E-state index >= 15 is 0 Å². The molecule has 3 heterocycles. The normalized spacial score (nSPS) is 12.8. The molecule has 0 amide bonds. The van der Waals surface area contributed by atoms with Crippen LogP contribution in [0.25, 0.3) is 5.82 Å². The zero-order valence-electron chi connectivity index (χ0n) is 13.4. The lowest BCUT2D eigenvalue weighted by Gasteiger charge is -2.13. The monoisotopic (exact) mass is 400 g/mol. The Kier molecular flexibility index (Phi) is 5.19. The summed E-state index contributed by atoms with van der Waals surface area (Å²) in [5, 5.41) is 16.3. The fraction of sp³-hybridized carbons (Fsp3) is 0.188. The molecule has 0 aliphatic heterocycles. The molecule has 0 bridgehead atoms. The average molecular weight is 401 g/mol. The summed E-state index contributed by atoms with van der Waals surface area (Å²) in [6, 6.07) is 5.00. The molecule has 0 spiro atoms. The molecule has 3 aromatic heterocycles. The summed E-state index contributed by atoms with van der Waals surface area (Å²) in [6.07, 6.45) is -2.30. The molecular formula is C16H12ClF3N4O3. The highest BCUT2D eigenvalue weighted by atomic mass is 35.5. The molecule has 3 rings (SSSR count). The highest BCUT2D eigenvalue weighted by Gasteiger charge is 2.30. The van der Waals surface area contributed by atoms with Crippen LogP contribution in [-0.4, -0.2) is 26.4 Å². The highest BCUT2D eigenvalue weighted by molar-refractivity contribution is 6.32. The van der Waals surface area contributed by atoms with Gasteiger partial charge in [0.1, 0.15) is 16.9 Å². The van der Waals surface area contributed by atoms with Crippen molar-refractivity contribution < 1.29 is 22.7 Å². The second-order valence-corrected chi connectivity index (χ2v) is 5.78. The second kappa shape index (κ2) is 7.41. The number of anilines is 1. The molecule has 1 atom stereocenters. The molecule has 3 aromatic rings. The first kappa shape index (κ1) is 18.9. The van der Waals surface area contributed by atoms with Crippen molar-refractivity contribution >= 4 is 17.3 Å². The summed E-state index contributed by atoms with van der Waals surface area (Å²) in [7, 11) is 0. The Morgan fingerprint density at radius 3 is 2.67 bits per heavy atom. The number of hydrogen-bond donors (Lipinski definition) is 2. The third kappa shape index (κ3) is 4.12. The van der Waals surface area contributed by atoms with Crippen LogP contribution in [0.5, 0.6) is 0 Å². The molecule has 0 aliphatic rings. The first-order valence-corrected chi connectivity index (χ1v) is 7.92. The molecule has 0 aromatic carbocycles. The second-order valence-electron chi connectivity index (χ2n) is 5.40. The Bertz CT molecular complexity index is 972. The van der Waals surface area contributed by atoms with Gasteiger partial charge in [0.05, 0.1) is 23.7 Å². The molecule has 2 N–H and O–H groups in total. The lowest BCUT2D eigenvalue weighted by atomic mass is 10.2. The van der Waals surface area contributed by atoms with Crippen molar-refractivity contribution in [3.05, 3.63) is 69.6 Å². The standard InChI is InChI=1S/C16H12ClF3N4O3/c17-14-10(21-8-11(25)12-2-1-5-27-12)7-23-24(15(14)26)13-4-3-9(6-22-13)16(18,19)20/h1-7,11,21,25H,8H2. The topological polar surface area (TPSA) is 93.2 Å². The smallest absolute Gasteiger partial charge is 0.417 e. The Hall–Kier alpha value is -2.85. The number of nitrogens with zero attached hydrogens (tertiary/aromatic N) is 3. The number of furan rings is 1. The number of alkyl halides is 3. The van der Waals surface area contributed by atoms with Crippen molar-refractivity contribution in [2.75, 3.05) is 11.9 Å². The summed E-state index contributed by atoms with van der Waals surface area (Å²) >= 11 is 6.01. The average Bonchev–Trinajstić information content (AvgIpc) is 3.17. The molecule has 0 saturated carbocycles. The van der Waals surface area contributed by atoms with E-state index in [2.05, 4.69) is 15.4 Å². The van der Waals surface area contributed by atoms with E-state index in [1.807, 2.05) is 0 Å². The maximum absolute atomic E-state index is 12.6. The molecule has 11 heteroatoms. The lowest BCUT2D eigenvalue weighted by molar-refractivity contribution is -0.137. The molecule has 0 radical (unpaired) electrons. The van der Waals surface area contributed by atoms with Crippen LogP contribution in [0.15, 0.2) is 52.1 Å². The van der Waals surface area contributed by atoms with Gasteiger partial charge in [0.15, 0.2) is 5.82 Å². The van der Waals surface area contributed by atoms with Gasteiger partial charge in [0.25, 0.3) is 5.56 Å². The molecule has 1 unspecified atom stereocenters. The van der Waals surface area contributed by atoms with Crippen molar-refractivity contribution in [3.8, 4) is 5.82 Å². The lowest BCUT2D eigenvalue weighted by Crippen LogP contribution is -2.24. The molecule has 7 nitrogen and oxygen atoms in total. The van der Waals surface area contributed by atoms with Crippen LogP contribution in [0.3, 0.4) is 0 Å². The van der Waals surface area contributed by atoms with Crippen LogP contribution in [-0.2, 0) is 6.18 Å². The number of aromatic nitrogens is 3. The van der Waals surface area contributed by atoms with Crippen LogP contribution < -0.4 is 10.9 Å². The molecule has 142 valence electrons. The van der Waals surface area contributed by atoms with Gasteiger partial charge in [-0.1, -0.05) is 11.6 Å². The van der Waals surface area contributed by atoms with Crippen LogP contribution in [0.1, 0.15) is 17.4 Å². The van der Waals surface area contributed by atoms with Gasteiger partial charge in [-0.15, -0.1) is 0 Å². The molecule has 27 heavy (non-hydrogen) atoms. The zero-order valence-corrected chi connectivity index (χ0v) is 14.2. The number of aliphatic hydroxyl groups is 1. The Morgan fingerprint density at radius 1 is 1.30 bits per heavy atom. The molecular weight excluding hydrogens is 389 g/mol. The van der Waals surface area contributed by atoms with E-state index in [0.29, 0.717) is 12.0 Å². The quantitative estimate of drug-likeness (QED) is 0.684. The third-order valence-corrected chi connectivity index (χ3v) is 3.93. The van der Waals surface area contributed by atoms with E-state index in [9.17, 15) is 23.1 Å². The van der Waals surface area contributed by atoms with Crippen LogP contribution >= 0.6 is 11.6 Å². The maximum atomic E-state index is 12.6. The molecule has 0 saturated heterocycles. The van der Waals surface area contributed by atoms with Gasteiger partial charge in [-0.05, 0) is 24.3 Å². The Morgan fingerprint density at radius 2 is 2.07 bits per heavy atom. The minimum Gasteiger partial charge on any atom is -0.467 e. The van der Waals surface area contributed by atoms with Crippen LogP contribution in [0, 0.1) is 0 Å². The van der Waals surface area contributed by atoms with Crippen molar-refractivity contribution in [2.24, 2.45) is 0 Å². The van der Waals surface area contributed by atoms with Crippen molar-refractivity contribution in [3.63, 3.8) is 0 Å². The summed E-state index contributed by atoms with van der Waals surface area (Å²) in [4.78, 5) is 15.9. The number of halogens is 4. The number of aliphatic hydroxyl groups excluding tert-OH is 1. The number of pyridine rings is 1. The van der Waals surface area contributed by atoms with Gasteiger partial charge in [0.2, 0.25) is 0 Å². The first-order chi connectivity index (χ1) is 12.8. The summed E-state index contributed by atoms with van der Waals surface area (Å²) in [5.41, 5.74) is -1.58. The van der Waals surface area contributed by atoms with E-state index in [4.69, 9.17) is 16.0 Å².